The molecule has 2 N–H and O–H groups in total. The van der Waals surface area contributed by atoms with Crippen LogP contribution in [0.25, 0.3) is 0 Å². The summed E-state index contributed by atoms with van der Waals surface area (Å²) in [5, 5.41) is 0. The third-order valence-electron chi connectivity index (χ3n) is 4.23. The van der Waals surface area contributed by atoms with Crippen LogP contribution in [0, 0.1) is 11.8 Å². The number of hydrogen-bond donors (Lipinski definition) is 1. The van der Waals surface area contributed by atoms with Crippen molar-refractivity contribution < 1.29 is 9.47 Å². The van der Waals surface area contributed by atoms with E-state index in [1.54, 1.807) is 0 Å². The Hall–Kier alpha value is -1.22. The van der Waals surface area contributed by atoms with Crippen LogP contribution in [-0.2, 0) is 0 Å². The maximum absolute atomic E-state index is 6.23. The Bertz CT molecular complexity index is 419. The largest absolute Gasteiger partial charge is 0.494 e. The molecular formula is C17H27NO2. The minimum Gasteiger partial charge on any atom is -0.494 e. The monoisotopic (exact) mass is 277 g/mol. The summed E-state index contributed by atoms with van der Waals surface area (Å²) >= 11 is 0. The molecule has 20 heavy (non-hydrogen) atoms. The summed E-state index contributed by atoms with van der Waals surface area (Å²) in [7, 11) is 0. The number of ether oxygens (including phenoxy) is 2. The van der Waals surface area contributed by atoms with Crippen LogP contribution in [0.1, 0.15) is 40.0 Å². The second-order valence-corrected chi connectivity index (χ2v) is 6.05. The van der Waals surface area contributed by atoms with E-state index in [4.69, 9.17) is 15.2 Å². The van der Waals surface area contributed by atoms with Crippen LogP contribution in [0.3, 0.4) is 0 Å². The normalized spacial score (nSPS) is 26.6. The Morgan fingerprint density at radius 3 is 2.70 bits per heavy atom. The van der Waals surface area contributed by atoms with Gasteiger partial charge in [0.1, 0.15) is 17.6 Å². The van der Waals surface area contributed by atoms with Gasteiger partial charge in [-0.25, -0.2) is 0 Å². The van der Waals surface area contributed by atoms with Crippen LogP contribution >= 0.6 is 0 Å². The molecule has 1 aliphatic rings. The summed E-state index contributed by atoms with van der Waals surface area (Å²) < 4.78 is 11.6. The van der Waals surface area contributed by atoms with E-state index in [0.29, 0.717) is 12.5 Å². The fraction of sp³-hybridized carbons (Fsp3) is 0.647. The summed E-state index contributed by atoms with van der Waals surface area (Å²) in [5.41, 5.74) is 6.23. The number of benzene rings is 1. The highest BCUT2D eigenvalue weighted by molar-refractivity contribution is 5.33. The van der Waals surface area contributed by atoms with Gasteiger partial charge in [-0.1, -0.05) is 19.9 Å². The highest BCUT2D eigenvalue weighted by atomic mass is 16.5. The van der Waals surface area contributed by atoms with Crippen LogP contribution in [0.5, 0.6) is 11.5 Å². The SMILES string of the molecule is CCOc1cccc(OC2CC(C(C)C)CCC2N)c1. The Balaban J connectivity index is 2.01. The van der Waals surface area contributed by atoms with Crippen molar-refractivity contribution in [3.8, 4) is 11.5 Å². The molecule has 0 aromatic heterocycles. The molecule has 3 unspecified atom stereocenters. The van der Waals surface area contributed by atoms with Gasteiger partial charge < -0.3 is 15.2 Å². The molecule has 112 valence electrons. The topological polar surface area (TPSA) is 44.5 Å². The van der Waals surface area contributed by atoms with E-state index in [2.05, 4.69) is 13.8 Å². The molecule has 2 rings (SSSR count). The van der Waals surface area contributed by atoms with Crippen LogP contribution < -0.4 is 15.2 Å². The summed E-state index contributed by atoms with van der Waals surface area (Å²) in [6.45, 7) is 7.22. The molecule has 1 aromatic rings. The van der Waals surface area contributed by atoms with Crippen molar-refractivity contribution in [3.05, 3.63) is 24.3 Å². The van der Waals surface area contributed by atoms with Crippen molar-refractivity contribution in [1.29, 1.82) is 0 Å². The van der Waals surface area contributed by atoms with Gasteiger partial charge in [0.15, 0.2) is 0 Å². The average Bonchev–Trinajstić information content (AvgIpc) is 2.42. The van der Waals surface area contributed by atoms with Crippen LogP contribution in [0.15, 0.2) is 24.3 Å². The van der Waals surface area contributed by atoms with E-state index in [1.807, 2.05) is 31.2 Å². The Labute approximate surface area is 122 Å². The van der Waals surface area contributed by atoms with E-state index in [0.717, 1.165) is 30.3 Å². The Kier molecular flexibility index (Phi) is 5.30. The predicted molar refractivity (Wildman–Crippen MR) is 82.2 cm³/mol. The molecule has 0 aliphatic heterocycles. The molecule has 0 bridgehead atoms. The fourth-order valence-electron chi connectivity index (χ4n) is 2.90. The lowest BCUT2D eigenvalue weighted by Gasteiger charge is -2.36. The van der Waals surface area contributed by atoms with E-state index in [1.165, 1.54) is 6.42 Å². The second kappa shape index (κ2) is 6.98. The zero-order chi connectivity index (χ0) is 14.5. The maximum Gasteiger partial charge on any atom is 0.123 e. The first-order valence-electron chi connectivity index (χ1n) is 7.75. The van der Waals surface area contributed by atoms with Crippen molar-refractivity contribution >= 4 is 0 Å². The summed E-state index contributed by atoms with van der Waals surface area (Å²) in [6, 6.07) is 7.99. The Morgan fingerprint density at radius 2 is 2.00 bits per heavy atom. The molecule has 3 atom stereocenters. The zero-order valence-electron chi connectivity index (χ0n) is 12.8. The Morgan fingerprint density at radius 1 is 1.25 bits per heavy atom. The third kappa shape index (κ3) is 3.89. The van der Waals surface area contributed by atoms with Crippen molar-refractivity contribution in [2.24, 2.45) is 17.6 Å². The van der Waals surface area contributed by atoms with Gasteiger partial charge in [0, 0.05) is 12.1 Å². The van der Waals surface area contributed by atoms with E-state index < -0.39 is 0 Å². The van der Waals surface area contributed by atoms with Gasteiger partial charge in [0.05, 0.1) is 6.61 Å². The van der Waals surface area contributed by atoms with E-state index in [-0.39, 0.29) is 12.1 Å². The van der Waals surface area contributed by atoms with E-state index >= 15 is 0 Å². The number of nitrogens with two attached hydrogens (primary N) is 1. The van der Waals surface area contributed by atoms with Crippen molar-refractivity contribution in [2.45, 2.75) is 52.2 Å². The zero-order valence-corrected chi connectivity index (χ0v) is 12.8. The lowest BCUT2D eigenvalue weighted by Crippen LogP contribution is -2.44. The smallest absolute Gasteiger partial charge is 0.123 e. The molecule has 3 nitrogen and oxygen atoms in total. The summed E-state index contributed by atoms with van der Waals surface area (Å²) in [6.07, 6.45) is 3.45. The van der Waals surface area contributed by atoms with Crippen LogP contribution in [0.4, 0.5) is 0 Å². The first-order chi connectivity index (χ1) is 9.60. The van der Waals surface area contributed by atoms with Crippen LogP contribution in [0.2, 0.25) is 0 Å². The van der Waals surface area contributed by atoms with Gasteiger partial charge in [-0.3, -0.25) is 0 Å². The molecule has 1 fully saturated rings. The molecule has 1 aliphatic carbocycles. The van der Waals surface area contributed by atoms with Gasteiger partial charge in [-0.2, -0.15) is 0 Å². The quantitative estimate of drug-likeness (QED) is 0.894. The summed E-state index contributed by atoms with van der Waals surface area (Å²) in [5.74, 6) is 3.13. The highest BCUT2D eigenvalue weighted by Crippen LogP contribution is 2.32. The van der Waals surface area contributed by atoms with E-state index in [9.17, 15) is 0 Å². The minimum absolute atomic E-state index is 0.119. The minimum atomic E-state index is 0.119. The first-order valence-corrected chi connectivity index (χ1v) is 7.75. The second-order valence-electron chi connectivity index (χ2n) is 6.05. The molecule has 0 saturated heterocycles. The van der Waals surface area contributed by atoms with Crippen molar-refractivity contribution in [2.75, 3.05) is 6.61 Å². The van der Waals surface area contributed by atoms with Gasteiger partial charge in [0.2, 0.25) is 0 Å². The van der Waals surface area contributed by atoms with Gasteiger partial charge in [-0.05, 0) is 50.2 Å². The lowest BCUT2D eigenvalue weighted by molar-refractivity contribution is 0.0865. The number of hydrogen-bond acceptors (Lipinski definition) is 3. The molecule has 1 aromatic carbocycles. The fourth-order valence-corrected chi connectivity index (χ4v) is 2.90. The summed E-state index contributed by atoms with van der Waals surface area (Å²) in [4.78, 5) is 0. The molecule has 0 heterocycles. The van der Waals surface area contributed by atoms with Gasteiger partial charge in [0.25, 0.3) is 0 Å². The molecule has 0 radical (unpaired) electrons. The predicted octanol–water partition coefficient (Wildman–Crippen LogP) is 3.62. The molecular weight excluding hydrogens is 250 g/mol. The maximum atomic E-state index is 6.23. The van der Waals surface area contributed by atoms with Crippen LogP contribution in [-0.4, -0.2) is 18.8 Å². The number of rotatable bonds is 5. The molecule has 3 heteroatoms. The average molecular weight is 277 g/mol. The molecule has 1 saturated carbocycles. The molecule has 0 amide bonds. The van der Waals surface area contributed by atoms with Gasteiger partial charge in [-0.15, -0.1) is 0 Å². The highest BCUT2D eigenvalue weighted by Gasteiger charge is 2.31. The standard InChI is InChI=1S/C17H27NO2/c1-4-19-14-6-5-7-15(11-14)20-17-10-13(12(2)3)8-9-16(17)18/h5-7,11-13,16-17H,4,8-10,18H2,1-3H3. The third-order valence-corrected chi connectivity index (χ3v) is 4.23. The van der Waals surface area contributed by atoms with Crippen molar-refractivity contribution in [1.82, 2.24) is 0 Å². The lowest BCUT2D eigenvalue weighted by atomic mass is 9.78. The van der Waals surface area contributed by atoms with Gasteiger partial charge >= 0.3 is 0 Å². The molecule has 0 spiro atoms. The van der Waals surface area contributed by atoms with Crippen molar-refractivity contribution in [3.63, 3.8) is 0 Å². The first kappa shape index (κ1) is 15.2.